The molecule has 0 saturated carbocycles. The smallest absolute Gasteiger partial charge is 0.265 e. The molecule has 0 saturated heterocycles. The van der Waals surface area contributed by atoms with E-state index in [1.165, 1.54) is 44.5 Å². The fourth-order valence-electron chi connectivity index (χ4n) is 1.71. The van der Waals surface area contributed by atoms with Gasteiger partial charge in [-0.15, -0.1) is 0 Å². The van der Waals surface area contributed by atoms with Gasteiger partial charge in [0.05, 0.1) is 12.0 Å². The van der Waals surface area contributed by atoms with Gasteiger partial charge < -0.3 is 10.5 Å². The number of aryl methyl sites for hydroxylation is 1. The molecule has 8 heteroatoms. The Labute approximate surface area is 123 Å². The van der Waals surface area contributed by atoms with Crippen molar-refractivity contribution < 1.29 is 13.2 Å². The van der Waals surface area contributed by atoms with E-state index in [9.17, 15) is 8.42 Å². The lowest BCUT2D eigenvalue weighted by atomic mass is 10.3. The number of anilines is 2. The average Bonchev–Trinajstić information content (AvgIpc) is 2.46. The van der Waals surface area contributed by atoms with Gasteiger partial charge in [-0.25, -0.2) is 13.4 Å². The molecule has 2 N–H and O–H groups in total. The van der Waals surface area contributed by atoms with Crippen LogP contribution < -0.4 is 14.8 Å². The maximum Gasteiger partial charge on any atom is 0.265 e. The number of methoxy groups -OCH3 is 1. The number of nitrogens with zero attached hydrogens (tertiary/aromatic N) is 3. The summed E-state index contributed by atoms with van der Waals surface area (Å²) < 4.78 is 31.2. The van der Waals surface area contributed by atoms with Crippen LogP contribution in [0.25, 0.3) is 0 Å². The van der Waals surface area contributed by atoms with Crippen molar-refractivity contribution >= 4 is 21.5 Å². The van der Waals surface area contributed by atoms with Gasteiger partial charge in [-0.05, 0) is 31.2 Å². The van der Waals surface area contributed by atoms with Crippen LogP contribution in [0.4, 0.5) is 11.5 Å². The van der Waals surface area contributed by atoms with Crippen molar-refractivity contribution in [2.45, 2.75) is 11.8 Å². The molecule has 21 heavy (non-hydrogen) atoms. The van der Waals surface area contributed by atoms with Gasteiger partial charge in [0.1, 0.15) is 11.6 Å². The zero-order valence-corrected chi connectivity index (χ0v) is 12.8. The molecule has 2 aromatic rings. The van der Waals surface area contributed by atoms with Gasteiger partial charge >= 0.3 is 0 Å². The Morgan fingerprint density at radius 1 is 1.19 bits per heavy atom. The standard InChI is InChI=1S/C13H16N4O3S/c1-9-15-12(8-13(16-9)20-3)17(2)21(18,19)11-6-4-10(14)5-7-11/h4-8H,14H2,1-3H3. The topological polar surface area (TPSA) is 98.4 Å². The number of ether oxygens (including phenoxy) is 1. The number of hydrogen-bond acceptors (Lipinski definition) is 6. The van der Waals surface area contributed by atoms with E-state index in [1.807, 2.05) is 0 Å². The first-order valence-electron chi connectivity index (χ1n) is 6.09. The summed E-state index contributed by atoms with van der Waals surface area (Å²) >= 11 is 0. The van der Waals surface area contributed by atoms with Crippen LogP contribution in [-0.4, -0.2) is 32.5 Å². The van der Waals surface area contributed by atoms with Crippen LogP contribution >= 0.6 is 0 Å². The predicted octanol–water partition coefficient (Wildman–Crippen LogP) is 1.20. The molecule has 112 valence electrons. The Balaban J connectivity index is 2.45. The lowest BCUT2D eigenvalue weighted by Gasteiger charge is -2.19. The Morgan fingerprint density at radius 3 is 2.38 bits per heavy atom. The molecule has 1 aromatic carbocycles. The van der Waals surface area contributed by atoms with Gasteiger partial charge in [-0.2, -0.15) is 4.98 Å². The fraction of sp³-hybridized carbons (Fsp3) is 0.231. The Kier molecular flexibility index (Phi) is 3.99. The number of nitrogens with two attached hydrogens (primary N) is 1. The van der Waals surface area contributed by atoms with Crippen LogP contribution in [-0.2, 0) is 10.0 Å². The van der Waals surface area contributed by atoms with E-state index in [2.05, 4.69) is 9.97 Å². The van der Waals surface area contributed by atoms with E-state index in [1.54, 1.807) is 6.92 Å². The molecule has 0 aliphatic rings. The van der Waals surface area contributed by atoms with Gasteiger partial charge in [-0.3, -0.25) is 4.31 Å². The second kappa shape index (κ2) is 5.57. The molecule has 1 heterocycles. The molecule has 0 bridgehead atoms. The summed E-state index contributed by atoms with van der Waals surface area (Å²) in [4.78, 5) is 8.29. The molecule has 1 aromatic heterocycles. The minimum absolute atomic E-state index is 0.134. The highest BCUT2D eigenvalue weighted by Gasteiger charge is 2.23. The largest absolute Gasteiger partial charge is 0.481 e. The van der Waals surface area contributed by atoms with E-state index in [0.29, 0.717) is 17.4 Å². The van der Waals surface area contributed by atoms with Crippen LogP contribution in [0.2, 0.25) is 0 Å². The van der Waals surface area contributed by atoms with Crippen molar-refractivity contribution in [1.29, 1.82) is 0 Å². The monoisotopic (exact) mass is 308 g/mol. The minimum atomic E-state index is -3.72. The van der Waals surface area contributed by atoms with Crippen molar-refractivity contribution in [2.75, 3.05) is 24.2 Å². The van der Waals surface area contributed by atoms with E-state index < -0.39 is 10.0 Å². The van der Waals surface area contributed by atoms with E-state index >= 15 is 0 Å². The van der Waals surface area contributed by atoms with E-state index in [0.717, 1.165) is 4.31 Å². The maximum atomic E-state index is 12.5. The van der Waals surface area contributed by atoms with Crippen LogP contribution in [0.5, 0.6) is 5.88 Å². The van der Waals surface area contributed by atoms with Crippen LogP contribution in [0.1, 0.15) is 5.82 Å². The lowest BCUT2D eigenvalue weighted by Crippen LogP contribution is -2.27. The highest BCUT2D eigenvalue weighted by atomic mass is 32.2. The van der Waals surface area contributed by atoms with Gasteiger partial charge in [0.2, 0.25) is 5.88 Å². The predicted molar refractivity (Wildman–Crippen MR) is 79.8 cm³/mol. The molecular weight excluding hydrogens is 292 g/mol. The fourth-order valence-corrected chi connectivity index (χ4v) is 2.85. The number of benzene rings is 1. The van der Waals surface area contributed by atoms with Crippen LogP contribution in [0.15, 0.2) is 35.2 Å². The zero-order valence-electron chi connectivity index (χ0n) is 11.9. The number of nitrogen functional groups attached to an aromatic ring is 1. The average molecular weight is 308 g/mol. The second-order valence-corrected chi connectivity index (χ2v) is 6.33. The zero-order chi connectivity index (χ0) is 15.6. The third-order valence-corrected chi connectivity index (χ3v) is 4.65. The van der Waals surface area contributed by atoms with Crippen molar-refractivity contribution in [3.63, 3.8) is 0 Å². The molecule has 0 fully saturated rings. The molecule has 0 aliphatic heterocycles. The van der Waals surface area contributed by atoms with Crippen molar-refractivity contribution in [3.8, 4) is 5.88 Å². The van der Waals surface area contributed by atoms with Gasteiger partial charge in [0.25, 0.3) is 10.0 Å². The summed E-state index contributed by atoms with van der Waals surface area (Å²) in [6.45, 7) is 1.66. The summed E-state index contributed by atoms with van der Waals surface area (Å²) in [7, 11) is -0.837. The SMILES string of the molecule is COc1cc(N(C)S(=O)(=O)c2ccc(N)cc2)nc(C)n1. The Bertz CT molecular complexity index is 745. The highest BCUT2D eigenvalue weighted by molar-refractivity contribution is 7.92. The van der Waals surface area contributed by atoms with Crippen molar-refractivity contribution in [1.82, 2.24) is 9.97 Å². The van der Waals surface area contributed by atoms with Crippen LogP contribution in [0.3, 0.4) is 0 Å². The first-order valence-corrected chi connectivity index (χ1v) is 7.53. The molecule has 0 aliphatic carbocycles. The third kappa shape index (κ3) is 3.05. The number of sulfonamides is 1. The highest BCUT2D eigenvalue weighted by Crippen LogP contribution is 2.23. The van der Waals surface area contributed by atoms with Gasteiger partial charge in [-0.1, -0.05) is 0 Å². The summed E-state index contributed by atoms with van der Waals surface area (Å²) in [6, 6.07) is 7.43. The molecule has 0 unspecified atom stereocenters. The molecule has 0 radical (unpaired) electrons. The quantitative estimate of drug-likeness (QED) is 0.852. The van der Waals surface area contributed by atoms with E-state index in [4.69, 9.17) is 10.5 Å². The number of aromatic nitrogens is 2. The first kappa shape index (κ1) is 15.0. The first-order chi connectivity index (χ1) is 9.84. The molecule has 0 spiro atoms. The Morgan fingerprint density at radius 2 is 1.81 bits per heavy atom. The van der Waals surface area contributed by atoms with E-state index in [-0.39, 0.29) is 10.7 Å². The molecule has 7 nitrogen and oxygen atoms in total. The second-order valence-electron chi connectivity index (χ2n) is 4.36. The van der Waals surface area contributed by atoms with Crippen LogP contribution in [0, 0.1) is 6.92 Å². The van der Waals surface area contributed by atoms with Crippen molar-refractivity contribution in [3.05, 3.63) is 36.2 Å². The summed E-state index contributed by atoms with van der Waals surface area (Å²) in [5.41, 5.74) is 6.07. The number of hydrogen-bond donors (Lipinski definition) is 1. The van der Waals surface area contributed by atoms with Gasteiger partial charge in [0, 0.05) is 18.8 Å². The van der Waals surface area contributed by atoms with Crippen molar-refractivity contribution in [2.24, 2.45) is 0 Å². The third-order valence-electron chi connectivity index (χ3n) is 2.87. The summed E-state index contributed by atoms with van der Waals surface area (Å²) in [5.74, 6) is 0.955. The Hall–Kier alpha value is -2.35. The summed E-state index contributed by atoms with van der Waals surface area (Å²) in [5, 5.41) is 0. The molecule has 0 amide bonds. The molecular formula is C13H16N4O3S. The number of rotatable bonds is 4. The van der Waals surface area contributed by atoms with Gasteiger partial charge in [0.15, 0.2) is 0 Å². The molecule has 0 atom stereocenters. The maximum absolute atomic E-state index is 12.5. The molecule has 2 rings (SSSR count). The lowest BCUT2D eigenvalue weighted by molar-refractivity contribution is 0.396. The normalized spacial score (nSPS) is 11.2. The summed E-state index contributed by atoms with van der Waals surface area (Å²) in [6.07, 6.45) is 0. The minimum Gasteiger partial charge on any atom is -0.481 e.